The van der Waals surface area contributed by atoms with Gasteiger partial charge in [0.2, 0.25) is 0 Å². The van der Waals surface area contributed by atoms with Crippen LogP contribution in [-0.2, 0) is 0 Å². The summed E-state index contributed by atoms with van der Waals surface area (Å²) in [6.45, 7) is 7.82. The molecule has 4 heteroatoms. The second-order valence-corrected chi connectivity index (χ2v) is 6.38. The molecule has 1 aromatic rings. The summed E-state index contributed by atoms with van der Waals surface area (Å²) in [5.41, 5.74) is 7.25. The maximum Gasteiger partial charge on any atom is 0.124 e. The molecule has 0 aliphatic carbocycles. The average molecular weight is 311 g/mol. The third-order valence-electron chi connectivity index (χ3n) is 4.48. The number of benzene rings is 1. The van der Waals surface area contributed by atoms with E-state index < -0.39 is 0 Å². The monoisotopic (exact) mass is 310 g/mol. The van der Waals surface area contributed by atoms with Gasteiger partial charge in [-0.15, -0.1) is 0 Å². The van der Waals surface area contributed by atoms with Crippen molar-refractivity contribution in [3.63, 3.8) is 0 Å². The lowest BCUT2D eigenvalue weighted by atomic mass is 9.92. The summed E-state index contributed by atoms with van der Waals surface area (Å²) in [6, 6.07) is 7.09. The van der Waals surface area contributed by atoms with Gasteiger partial charge in [0, 0.05) is 29.2 Å². The predicted molar refractivity (Wildman–Crippen MR) is 89.0 cm³/mol. The maximum absolute atomic E-state index is 6.21. The number of rotatable bonds is 5. The fraction of sp³-hybridized carbons (Fsp3) is 0.647. The van der Waals surface area contributed by atoms with Crippen molar-refractivity contribution in [3.05, 3.63) is 28.8 Å². The Morgan fingerprint density at radius 1 is 1.33 bits per heavy atom. The second kappa shape index (κ2) is 7.48. The SMILES string of the molecule is CCOc1ccc(Cl)cc1C(CN)N1C(C)CCCC1C. The van der Waals surface area contributed by atoms with Crippen molar-refractivity contribution in [2.24, 2.45) is 5.73 Å². The molecular weight excluding hydrogens is 284 g/mol. The van der Waals surface area contributed by atoms with Crippen LogP contribution in [0.5, 0.6) is 5.75 Å². The lowest BCUT2D eigenvalue weighted by Gasteiger charge is -2.44. The van der Waals surface area contributed by atoms with E-state index in [-0.39, 0.29) is 6.04 Å². The highest BCUT2D eigenvalue weighted by Gasteiger charge is 2.32. The van der Waals surface area contributed by atoms with Gasteiger partial charge in [-0.05, 0) is 51.8 Å². The van der Waals surface area contributed by atoms with Crippen molar-refractivity contribution in [3.8, 4) is 5.75 Å². The zero-order valence-corrected chi connectivity index (χ0v) is 14.1. The van der Waals surface area contributed by atoms with Crippen LogP contribution >= 0.6 is 11.6 Å². The van der Waals surface area contributed by atoms with E-state index in [2.05, 4.69) is 18.7 Å². The van der Waals surface area contributed by atoms with Crippen molar-refractivity contribution >= 4 is 11.6 Å². The van der Waals surface area contributed by atoms with E-state index in [9.17, 15) is 0 Å². The normalized spacial score (nSPS) is 24.8. The van der Waals surface area contributed by atoms with Gasteiger partial charge in [0.05, 0.1) is 12.6 Å². The van der Waals surface area contributed by atoms with Crippen molar-refractivity contribution in [2.75, 3.05) is 13.2 Å². The molecule has 1 fully saturated rings. The van der Waals surface area contributed by atoms with Crippen LogP contribution in [0.4, 0.5) is 0 Å². The molecule has 0 radical (unpaired) electrons. The molecule has 0 amide bonds. The van der Waals surface area contributed by atoms with Crippen molar-refractivity contribution in [1.29, 1.82) is 0 Å². The van der Waals surface area contributed by atoms with Crippen LogP contribution in [0.3, 0.4) is 0 Å². The molecule has 0 bridgehead atoms. The zero-order chi connectivity index (χ0) is 15.4. The van der Waals surface area contributed by atoms with Gasteiger partial charge in [-0.2, -0.15) is 0 Å². The molecule has 3 nitrogen and oxygen atoms in total. The Morgan fingerprint density at radius 3 is 2.57 bits per heavy atom. The number of hydrogen-bond acceptors (Lipinski definition) is 3. The molecule has 1 aromatic carbocycles. The first kappa shape index (κ1) is 16.6. The number of halogens is 1. The lowest BCUT2D eigenvalue weighted by molar-refractivity contribution is 0.0564. The summed E-state index contributed by atoms with van der Waals surface area (Å²) in [5.74, 6) is 0.905. The molecule has 0 aromatic heterocycles. The highest BCUT2D eigenvalue weighted by Crippen LogP contribution is 2.37. The highest BCUT2D eigenvalue weighted by atomic mass is 35.5. The van der Waals surface area contributed by atoms with Crippen LogP contribution in [0, 0.1) is 0 Å². The Balaban J connectivity index is 2.37. The Labute approximate surface area is 133 Å². The molecule has 1 saturated heterocycles. The minimum atomic E-state index is 0.163. The summed E-state index contributed by atoms with van der Waals surface area (Å²) in [5, 5.41) is 0.740. The second-order valence-electron chi connectivity index (χ2n) is 5.94. The van der Waals surface area contributed by atoms with Gasteiger partial charge in [-0.3, -0.25) is 4.90 Å². The van der Waals surface area contributed by atoms with E-state index in [1.54, 1.807) is 0 Å². The topological polar surface area (TPSA) is 38.5 Å². The van der Waals surface area contributed by atoms with Crippen LogP contribution < -0.4 is 10.5 Å². The average Bonchev–Trinajstić information content (AvgIpc) is 2.45. The molecule has 1 aliphatic heterocycles. The molecule has 3 atom stereocenters. The Bertz CT molecular complexity index is 456. The van der Waals surface area contributed by atoms with Gasteiger partial charge >= 0.3 is 0 Å². The van der Waals surface area contributed by atoms with Crippen molar-refractivity contribution < 1.29 is 4.74 Å². The van der Waals surface area contributed by atoms with E-state index in [0.29, 0.717) is 25.2 Å². The van der Waals surface area contributed by atoms with E-state index in [0.717, 1.165) is 16.3 Å². The van der Waals surface area contributed by atoms with Gasteiger partial charge in [0.1, 0.15) is 5.75 Å². The van der Waals surface area contributed by atoms with Gasteiger partial charge in [0.25, 0.3) is 0 Å². The maximum atomic E-state index is 6.21. The standard InChI is InChI=1S/C17H27ClN2O/c1-4-21-17-9-8-14(18)10-15(17)16(11-19)20-12(2)6-5-7-13(20)3/h8-10,12-13,16H,4-7,11,19H2,1-3H3. The summed E-state index contributed by atoms with van der Waals surface area (Å²) in [7, 11) is 0. The molecule has 2 rings (SSSR count). The molecule has 3 unspecified atom stereocenters. The zero-order valence-electron chi connectivity index (χ0n) is 13.3. The predicted octanol–water partition coefficient (Wildman–Crippen LogP) is 4.00. The Morgan fingerprint density at radius 2 is 2.00 bits per heavy atom. The fourth-order valence-corrected chi connectivity index (χ4v) is 3.71. The summed E-state index contributed by atoms with van der Waals surface area (Å²) >= 11 is 6.21. The van der Waals surface area contributed by atoms with Gasteiger partial charge < -0.3 is 10.5 Å². The Kier molecular flexibility index (Phi) is 5.91. The first-order valence-electron chi connectivity index (χ1n) is 7.98. The molecular formula is C17H27ClN2O. The van der Waals surface area contributed by atoms with Crippen LogP contribution in [0.2, 0.25) is 5.02 Å². The number of nitrogens with zero attached hydrogens (tertiary/aromatic N) is 1. The molecule has 1 aliphatic rings. The Hall–Kier alpha value is -0.770. The number of likely N-dealkylation sites (tertiary alicyclic amines) is 1. The third kappa shape index (κ3) is 3.71. The molecule has 2 N–H and O–H groups in total. The highest BCUT2D eigenvalue weighted by molar-refractivity contribution is 6.30. The van der Waals surface area contributed by atoms with Crippen molar-refractivity contribution in [2.45, 2.75) is 58.2 Å². The number of nitrogens with two attached hydrogens (primary N) is 1. The molecule has 21 heavy (non-hydrogen) atoms. The van der Waals surface area contributed by atoms with E-state index in [1.807, 2.05) is 25.1 Å². The summed E-state index contributed by atoms with van der Waals surface area (Å²) < 4.78 is 5.80. The van der Waals surface area contributed by atoms with Crippen LogP contribution in [0.25, 0.3) is 0 Å². The van der Waals surface area contributed by atoms with Crippen LogP contribution in [0.1, 0.15) is 51.6 Å². The van der Waals surface area contributed by atoms with Crippen LogP contribution in [-0.4, -0.2) is 30.1 Å². The summed E-state index contributed by atoms with van der Waals surface area (Å²) in [6.07, 6.45) is 3.75. The summed E-state index contributed by atoms with van der Waals surface area (Å²) in [4.78, 5) is 2.54. The van der Waals surface area contributed by atoms with Crippen molar-refractivity contribution in [1.82, 2.24) is 4.90 Å². The first-order valence-corrected chi connectivity index (χ1v) is 8.36. The molecule has 118 valence electrons. The van der Waals surface area contributed by atoms with Gasteiger partial charge in [0.15, 0.2) is 0 Å². The van der Waals surface area contributed by atoms with Gasteiger partial charge in [-0.1, -0.05) is 18.0 Å². The van der Waals surface area contributed by atoms with E-state index in [4.69, 9.17) is 22.1 Å². The number of piperidine rings is 1. The quantitative estimate of drug-likeness (QED) is 0.893. The fourth-order valence-electron chi connectivity index (χ4n) is 3.53. The largest absolute Gasteiger partial charge is 0.494 e. The third-order valence-corrected chi connectivity index (χ3v) is 4.71. The first-order chi connectivity index (χ1) is 10.1. The lowest BCUT2D eigenvalue weighted by Crippen LogP contribution is -2.48. The van der Waals surface area contributed by atoms with E-state index >= 15 is 0 Å². The smallest absolute Gasteiger partial charge is 0.124 e. The minimum Gasteiger partial charge on any atom is -0.494 e. The van der Waals surface area contributed by atoms with Crippen LogP contribution in [0.15, 0.2) is 18.2 Å². The van der Waals surface area contributed by atoms with E-state index in [1.165, 1.54) is 19.3 Å². The molecule has 1 heterocycles. The number of ether oxygens (including phenoxy) is 1. The molecule has 0 spiro atoms. The molecule has 0 saturated carbocycles. The number of hydrogen-bond donors (Lipinski definition) is 1. The van der Waals surface area contributed by atoms with Gasteiger partial charge in [-0.25, -0.2) is 0 Å². The minimum absolute atomic E-state index is 0.163.